The van der Waals surface area contributed by atoms with E-state index in [0.29, 0.717) is 11.6 Å². The molecule has 0 aromatic heterocycles. The molecule has 0 bridgehead atoms. The third kappa shape index (κ3) is 3.13. The molecule has 1 aliphatic carbocycles. The third-order valence-electron chi connectivity index (χ3n) is 3.11. The van der Waals surface area contributed by atoms with Gasteiger partial charge in [-0.05, 0) is 30.5 Å². The van der Waals surface area contributed by atoms with Crippen LogP contribution in [-0.4, -0.2) is 13.7 Å². The summed E-state index contributed by atoms with van der Waals surface area (Å²) < 4.78 is 26.7. The predicted molar refractivity (Wildman–Crippen MR) is 70.8 cm³/mol. The zero-order chi connectivity index (χ0) is 12.3. The second kappa shape index (κ2) is 5.27. The molecule has 0 spiro atoms. The molecule has 1 aromatic carbocycles. The summed E-state index contributed by atoms with van der Waals surface area (Å²) in [5.74, 6) is 0.440. The fraction of sp³-hybridized carbons (Fsp3) is 0.500. The Morgan fingerprint density at radius 1 is 1.18 bits per heavy atom. The smallest absolute Gasteiger partial charge is 0.235 e. The maximum absolute atomic E-state index is 12.0. The van der Waals surface area contributed by atoms with E-state index in [9.17, 15) is 8.42 Å². The van der Waals surface area contributed by atoms with E-state index in [-0.39, 0.29) is 5.25 Å². The van der Waals surface area contributed by atoms with Crippen LogP contribution >= 0.6 is 11.6 Å². The number of rotatable bonds is 4. The SMILES string of the molecule is O=S(=O)(Nc1ccc(CCl)cc1)C1CCCC1. The van der Waals surface area contributed by atoms with Crippen LogP contribution in [0.3, 0.4) is 0 Å². The summed E-state index contributed by atoms with van der Waals surface area (Å²) in [4.78, 5) is 0. The topological polar surface area (TPSA) is 46.2 Å². The standard InChI is InChI=1S/C12H16ClNO2S/c13-9-10-5-7-11(8-6-10)14-17(15,16)12-3-1-2-4-12/h5-8,12,14H,1-4,9H2. The van der Waals surface area contributed by atoms with Crippen LogP contribution in [0.4, 0.5) is 5.69 Å². The van der Waals surface area contributed by atoms with Crippen molar-refractivity contribution in [2.24, 2.45) is 0 Å². The highest BCUT2D eigenvalue weighted by molar-refractivity contribution is 7.93. The molecule has 1 fully saturated rings. The van der Waals surface area contributed by atoms with E-state index in [2.05, 4.69) is 4.72 Å². The molecule has 0 radical (unpaired) electrons. The minimum Gasteiger partial charge on any atom is -0.283 e. The van der Waals surface area contributed by atoms with Gasteiger partial charge in [0.15, 0.2) is 0 Å². The molecule has 0 unspecified atom stereocenters. The zero-order valence-electron chi connectivity index (χ0n) is 9.52. The second-order valence-electron chi connectivity index (χ2n) is 4.38. The zero-order valence-corrected chi connectivity index (χ0v) is 11.1. The summed E-state index contributed by atoms with van der Waals surface area (Å²) in [5, 5.41) is -0.227. The average Bonchev–Trinajstić information content (AvgIpc) is 2.84. The molecule has 1 aromatic rings. The minimum atomic E-state index is -3.22. The fourth-order valence-electron chi connectivity index (χ4n) is 2.11. The Balaban J connectivity index is 2.08. The molecule has 5 heteroatoms. The van der Waals surface area contributed by atoms with Crippen molar-refractivity contribution in [2.45, 2.75) is 36.8 Å². The van der Waals surface area contributed by atoms with Gasteiger partial charge < -0.3 is 0 Å². The van der Waals surface area contributed by atoms with Crippen LogP contribution in [0.25, 0.3) is 0 Å². The van der Waals surface area contributed by atoms with Gasteiger partial charge in [0.05, 0.1) is 5.25 Å². The van der Waals surface area contributed by atoms with E-state index in [4.69, 9.17) is 11.6 Å². The van der Waals surface area contributed by atoms with Crippen LogP contribution in [0.15, 0.2) is 24.3 Å². The Labute approximate surface area is 107 Å². The van der Waals surface area contributed by atoms with Crippen LogP contribution < -0.4 is 4.72 Å². The van der Waals surface area contributed by atoms with E-state index in [0.717, 1.165) is 31.2 Å². The molecule has 1 N–H and O–H groups in total. The normalized spacial score (nSPS) is 17.2. The van der Waals surface area contributed by atoms with Crippen LogP contribution in [0, 0.1) is 0 Å². The quantitative estimate of drug-likeness (QED) is 0.857. The number of hydrogen-bond donors (Lipinski definition) is 1. The maximum atomic E-state index is 12.0. The number of sulfonamides is 1. The van der Waals surface area contributed by atoms with Gasteiger partial charge >= 0.3 is 0 Å². The largest absolute Gasteiger partial charge is 0.283 e. The average molecular weight is 274 g/mol. The number of nitrogens with one attached hydrogen (secondary N) is 1. The Bertz CT molecular complexity index is 464. The van der Waals surface area contributed by atoms with Crippen LogP contribution in [-0.2, 0) is 15.9 Å². The van der Waals surface area contributed by atoms with Crippen molar-refractivity contribution >= 4 is 27.3 Å². The molecule has 0 saturated heterocycles. The van der Waals surface area contributed by atoms with Gasteiger partial charge in [-0.3, -0.25) is 4.72 Å². The summed E-state index contributed by atoms with van der Waals surface area (Å²) in [5.41, 5.74) is 1.60. The number of halogens is 1. The Kier molecular flexibility index (Phi) is 3.94. The molecule has 1 saturated carbocycles. The maximum Gasteiger partial charge on any atom is 0.235 e. The van der Waals surface area contributed by atoms with Gasteiger partial charge in [0.2, 0.25) is 10.0 Å². The van der Waals surface area contributed by atoms with Crippen molar-refractivity contribution in [3.8, 4) is 0 Å². The molecule has 0 amide bonds. The first kappa shape index (κ1) is 12.7. The number of hydrogen-bond acceptors (Lipinski definition) is 2. The fourth-order valence-corrected chi connectivity index (χ4v) is 3.87. The van der Waals surface area contributed by atoms with E-state index >= 15 is 0 Å². The summed E-state index contributed by atoms with van der Waals surface area (Å²) in [6.07, 6.45) is 3.57. The lowest BCUT2D eigenvalue weighted by Gasteiger charge is -2.13. The lowest BCUT2D eigenvalue weighted by molar-refractivity contribution is 0.585. The lowest BCUT2D eigenvalue weighted by atomic mass is 10.2. The predicted octanol–water partition coefficient (Wildman–Crippen LogP) is 3.11. The van der Waals surface area contributed by atoms with Crippen molar-refractivity contribution < 1.29 is 8.42 Å². The van der Waals surface area contributed by atoms with Gasteiger partial charge in [-0.25, -0.2) is 8.42 Å². The van der Waals surface area contributed by atoms with Gasteiger partial charge in [0, 0.05) is 11.6 Å². The number of alkyl halides is 1. The lowest BCUT2D eigenvalue weighted by Crippen LogP contribution is -2.25. The molecule has 94 valence electrons. The van der Waals surface area contributed by atoms with Gasteiger partial charge in [0.25, 0.3) is 0 Å². The first-order valence-electron chi connectivity index (χ1n) is 5.78. The molecular formula is C12H16ClNO2S. The molecule has 0 aliphatic heterocycles. The number of anilines is 1. The van der Waals surface area contributed by atoms with E-state index in [1.54, 1.807) is 12.1 Å². The number of benzene rings is 1. The molecule has 2 rings (SSSR count). The summed E-state index contributed by atoms with van der Waals surface area (Å²) in [6, 6.07) is 7.17. The van der Waals surface area contributed by atoms with Crippen LogP contribution in [0.5, 0.6) is 0 Å². The Morgan fingerprint density at radius 3 is 2.29 bits per heavy atom. The van der Waals surface area contributed by atoms with Crippen molar-refractivity contribution in [2.75, 3.05) is 4.72 Å². The first-order chi connectivity index (χ1) is 8.12. The Hall–Kier alpha value is -0.740. The summed E-state index contributed by atoms with van der Waals surface area (Å²) in [7, 11) is -3.22. The van der Waals surface area contributed by atoms with Gasteiger partial charge in [0.1, 0.15) is 0 Å². The van der Waals surface area contributed by atoms with Gasteiger partial charge in [-0.2, -0.15) is 0 Å². The monoisotopic (exact) mass is 273 g/mol. The van der Waals surface area contributed by atoms with Crippen molar-refractivity contribution in [3.63, 3.8) is 0 Å². The Morgan fingerprint density at radius 2 is 1.76 bits per heavy atom. The van der Waals surface area contributed by atoms with Gasteiger partial charge in [-0.1, -0.05) is 25.0 Å². The van der Waals surface area contributed by atoms with Crippen LogP contribution in [0.1, 0.15) is 31.2 Å². The van der Waals surface area contributed by atoms with E-state index in [1.165, 1.54) is 0 Å². The second-order valence-corrected chi connectivity index (χ2v) is 6.61. The molecule has 0 atom stereocenters. The van der Waals surface area contributed by atoms with E-state index in [1.807, 2.05) is 12.1 Å². The molecule has 0 heterocycles. The van der Waals surface area contributed by atoms with Crippen LogP contribution in [0.2, 0.25) is 0 Å². The molecular weight excluding hydrogens is 258 g/mol. The molecule has 3 nitrogen and oxygen atoms in total. The van der Waals surface area contributed by atoms with Gasteiger partial charge in [-0.15, -0.1) is 11.6 Å². The first-order valence-corrected chi connectivity index (χ1v) is 7.86. The van der Waals surface area contributed by atoms with Crippen molar-refractivity contribution in [1.82, 2.24) is 0 Å². The summed E-state index contributed by atoms with van der Waals surface area (Å²) in [6.45, 7) is 0. The molecule has 17 heavy (non-hydrogen) atoms. The summed E-state index contributed by atoms with van der Waals surface area (Å²) >= 11 is 5.68. The highest BCUT2D eigenvalue weighted by Gasteiger charge is 2.28. The highest BCUT2D eigenvalue weighted by atomic mass is 35.5. The molecule has 1 aliphatic rings. The van der Waals surface area contributed by atoms with Crippen molar-refractivity contribution in [3.05, 3.63) is 29.8 Å². The highest BCUT2D eigenvalue weighted by Crippen LogP contribution is 2.26. The van der Waals surface area contributed by atoms with Crippen molar-refractivity contribution in [1.29, 1.82) is 0 Å². The third-order valence-corrected chi connectivity index (χ3v) is 5.29. The minimum absolute atomic E-state index is 0.227. The van der Waals surface area contributed by atoms with E-state index < -0.39 is 10.0 Å².